The molecule has 0 spiro atoms. The fraction of sp³-hybridized carbons (Fsp3) is 0.364. The van der Waals surface area contributed by atoms with Crippen molar-refractivity contribution in [1.29, 1.82) is 0 Å². The molecule has 1 heterocycles. The van der Waals surface area contributed by atoms with Crippen molar-refractivity contribution in [1.82, 2.24) is 5.32 Å². The maximum absolute atomic E-state index is 6.32. The molecule has 1 aromatic rings. The summed E-state index contributed by atoms with van der Waals surface area (Å²) < 4.78 is 0. The topological polar surface area (TPSA) is 39.7 Å². The Morgan fingerprint density at radius 2 is 2.12 bits per heavy atom. The van der Waals surface area contributed by atoms with E-state index in [1.165, 1.54) is 0 Å². The highest BCUT2D eigenvalue weighted by Gasteiger charge is 2.14. The SMILES string of the molecule is CN(C)c1ccc(Cl)c(NC2=NCCN2)c1Cl. The van der Waals surface area contributed by atoms with Gasteiger partial charge in [0.2, 0.25) is 0 Å². The number of nitrogens with one attached hydrogen (secondary N) is 2. The van der Waals surface area contributed by atoms with Crippen molar-refractivity contribution < 1.29 is 0 Å². The predicted octanol–water partition coefficient (Wildman–Crippen LogP) is 2.43. The summed E-state index contributed by atoms with van der Waals surface area (Å²) in [5, 5.41) is 7.41. The molecule has 0 fully saturated rings. The Morgan fingerprint density at radius 3 is 2.71 bits per heavy atom. The van der Waals surface area contributed by atoms with E-state index < -0.39 is 0 Å². The summed E-state index contributed by atoms with van der Waals surface area (Å²) in [6.07, 6.45) is 0. The molecule has 17 heavy (non-hydrogen) atoms. The molecule has 0 saturated heterocycles. The molecule has 0 aliphatic carbocycles. The Labute approximate surface area is 111 Å². The van der Waals surface area contributed by atoms with E-state index in [9.17, 15) is 0 Å². The summed E-state index contributed by atoms with van der Waals surface area (Å²) in [4.78, 5) is 6.19. The molecule has 0 saturated carbocycles. The quantitative estimate of drug-likeness (QED) is 0.869. The summed E-state index contributed by atoms with van der Waals surface area (Å²) in [5.41, 5.74) is 1.60. The third-order valence-electron chi connectivity index (χ3n) is 2.47. The minimum atomic E-state index is 0.581. The molecular formula is C11H14Cl2N4. The second-order valence-corrected chi connectivity index (χ2v) is 4.72. The van der Waals surface area contributed by atoms with E-state index in [-0.39, 0.29) is 0 Å². The number of anilines is 2. The van der Waals surface area contributed by atoms with Crippen LogP contribution in [-0.2, 0) is 0 Å². The van der Waals surface area contributed by atoms with Gasteiger partial charge >= 0.3 is 0 Å². The Morgan fingerprint density at radius 1 is 1.35 bits per heavy atom. The Balaban J connectivity index is 2.34. The van der Waals surface area contributed by atoms with Crippen LogP contribution in [-0.4, -0.2) is 33.1 Å². The molecule has 1 aliphatic heterocycles. The van der Waals surface area contributed by atoms with Crippen molar-refractivity contribution in [2.45, 2.75) is 0 Å². The summed E-state index contributed by atoms with van der Waals surface area (Å²) in [6.45, 7) is 1.61. The third-order valence-corrected chi connectivity index (χ3v) is 3.17. The molecular weight excluding hydrogens is 259 g/mol. The van der Waals surface area contributed by atoms with Crippen molar-refractivity contribution in [2.75, 3.05) is 37.4 Å². The Hall–Kier alpha value is -1.13. The van der Waals surface area contributed by atoms with Crippen LogP contribution in [0.25, 0.3) is 0 Å². The van der Waals surface area contributed by atoms with Crippen LogP contribution < -0.4 is 15.5 Å². The van der Waals surface area contributed by atoms with Gasteiger partial charge in [-0.25, -0.2) is 0 Å². The fourth-order valence-corrected chi connectivity index (χ4v) is 2.24. The Kier molecular flexibility index (Phi) is 3.64. The minimum absolute atomic E-state index is 0.581. The monoisotopic (exact) mass is 272 g/mol. The lowest BCUT2D eigenvalue weighted by Gasteiger charge is -2.18. The van der Waals surface area contributed by atoms with Crippen LogP contribution in [0, 0.1) is 0 Å². The van der Waals surface area contributed by atoms with Crippen molar-refractivity contribution in [2.24, 2.45) is 4.99 Å². The molecule has 4 nitrogen and oxygen atoms in total. The second kappa shape index (κ2) is 5.02. The average molecular weight is 273 g/mol. The van der Waals surface area contributed by atoms with Gasteiger partial charge in [0, 0.05) is 20.6 Å². The first-order valence-corrected chi connectivity index (χ1v) is 6.06. The molecule has 0 bridgehead atoms. The van der Waals surface area contributed by atoms with Gasteiger partial charge in [-0.1, -0.05) is 23.2 Å². The van der Waals surface area contributed by atoms with Gasteiger partial charge in [0.15, 0.2) is 5.96 Å². The van der Waals surface area contributed by atoms with Crippen LogP contribution in [0.4, 0.5) is 11.4 Å². The predicted molar refractivity (Wildman–Crippen MR) is 74.7 cm³/mol. The third kappa shape index (κ3) is 2.58. The van der Waals surface area contributed by atoms with E-state index in [0.717, 1.165) is 18.8 Å². The standard InChI is InChI=1S/C11H14Cl2N4/c1-17(2)8-4-3-7(12)10(9(8)13)16-11-14-5-6-15-11/h3-4H,5-6H2,1-2H3,(H2,14,15,16). The summed E-state index contributed by atoms with van der Waals surface area (Å²) >= 11 is 12.5. The van der Waals surface area contributed by atoms with Crippen LogP contribution in [0.2, 0.25) is 10.0 Å². The lowest BCUT2D eigenvalue weighted by atomic mass is 10.2. The molecule has 0 aromatic heterocycles. The lowest BCUT2D eigenvalue weighted by molar-refractivity contribution is 0.959. The summed E-state index contributed by atoms with van der Waals surface area (Å²) in [7, 11) is 3.87. The number of benzene rings is 1. The van der Waals surface area contributed by atoms with Crippen LogP contribution in [0.15, 0.2) is 17.1 Å². The van der Waals surface area contributed by atoms with E-state index in [2.05, 4.69) is 15.6 Å². The molecule has 0 radical (unpaired) electrons. The van der Waals surface area contributed by atoms with E-state index in [4.69, 9.17) is 23.2 Å². The molecule has 0 unspecified atom stereocenters. The zero-order chi connectivity index (χ0) is 12.4. The van der Waals surface area contributed by atoms with Gasteiger partial charge in [-0.05, 0) is 12.1 Å². The lowest BCUT2D eigenvalue weighted by Crippen LogP contribution is -2.26. The van der Waals surface area contributed by atoms with Crippen molar-refractivity contribution in [3.05, 3.63) is 22.2 Å². The summed E-state index contributed by atoms with van der Waals surface area (Å²) in [5.74, 6) is 0.713. The van der Waals surface area contributed by atoms with E-state index >= 15 is 0 Å². The molecule has 92 valence electrons. The maximum Gasteiger partial charge on any atom is 0.196 e. The van der Waals surface area contributed by atoms with Gasteiger partial charge in [-0.15, -0.1) is 0 Å². The van der Waals surface area contributed by atoms with Crippen molar-refractivity contribution >= 4 is 40.5 Å². The zero-order valence-corrected chi connectivity index (χ0v) is 11.2. The number of halogens is 2. The van der Waals surface area contributed by atoms with Gasteiger partial charge in [0.25, 0.3) is 0 Å². The first-order chi connectivity index (χ1) is 8.09. The van der Waals surface area contributed by atoms with Gasteiger partial charge in [-0.2, -0.15) is 0 Å². The molecule has 2 rings (SSSR count). The molecule has 0 atom stereocenters. The van der Waals surface area contributed by atoms with E-state index in [0.29, 0.717) is 21.7 Å². The van der Waals surface area contributed by atoms with Gasteiger partial charge in [-0.3, -0.25) is 4.99 Å². The number of hydrogen-bond acceptors (Lipinski definition) is 4. The Bertz CT molecular complexity index is 457. The highest BCUT2D eigenvalue weighted by Crippen LogP contribution is 2.37. The van der Waals surface area contributed by atoms with Gasteiger partial charge in [0.05, 0.1) is 28.0 Å². The van der Waals surface area contributed by atoms with Crippen LogP contribution >= 0.6 is 23.2 Å². The van der Waals surface area contributed by atoms with Crippen molar-refractivity contribution in [3.63, 3.8) is 0 Å². The van der Waals surface area contributed by atoms with Crippen LogP contribution in [0.5, 0.6) is 0 Å². The molecule has 0 amide bonds. The second-order valence-electron chi connectivity index (χ2n) is 3.93. The maximum atomic E-state index is 6.32. The number of hydrogen-bond donors (Lipinski definition) is 2. The fourth-order valence-electron chi connectivity index (χ4n) is 1.60. The summed E-state index contributed by atoms with van der Waals surface area (Å²) in [6, 6.07) is 3.71. The average Bonchev–Trinajstić information content (AvgIpc) is 2.76. The van der Waals surface area contributed by atoms with Crippen molar-refractivity contribution in [3.8, 4) is 0 Å². The largest absolute Gasteiger partial charge is 0.376 e. The minimum Gasteiger partial charge on any atom is -0.376 e. The molecule has 1 aromatic carbocycles. The number of nitrogens with zero attached hydrogens (tertiary/aromatic N) is 2. The number of aliphatic imine (C=N–C) groups is 1. The van der Waals surface area contributed by atoms with Gasteiger partial charge in [0.1, 0.15) is 0 Å². The van der Waals surface area contributed by atoms with E-state index in [1.807, 2.05) is 31.1 Å². The van der Waals surface area contributed by atoms with E-state index in [1.54, 1.807) is 0 Å². The van der Waals surface area contributed by atoms with Gasteiger partial charge < -0.3 is 15.5 Å². The first kappa shape index (κ1) is 12.3. The highest BCUT2D eigenvalue weighted by molar-refractivity contribution is 6.41. The normalized spacial score (nSPS) is 14.2. The molecule has 6 heteroatoms. The molecule has 2 N–H and O–H groups in total. The van der Waals surface area contributed by atoms with Crippen LogP contribution in [0.3, 0.4) is 0 Å². The smallest absolute Gasteiger partial charge is 0.196 e. The first-order valence-electron chi connectivity index (χ1n) is 5.30. The zero-order valence-electron chi connectivity index (χ0n) is 9.72. The highest BCUT2D eigenvalue weighted by atomic mass is 35.5. The molecule has 1 aliphatic rings. The number of guanidine groups is 1. The van der Waals surface area contributed by atoms with Crippen LogP contribution in [0.1, 0.15) is 0 Å². The number of rotatable bonds is 2.